The fourth-order valence-electron chi connectivity index (χ4n) is 1.88. The van der Waals surface area contributed by atoms with Crippen molar-refractivity contribution in [3.05, 3.63) is 41.5 Å². The van der Waals surface area contributed by atoms with Crippen LogP contribution in [0.25, 0.3) is 10.8 Å². The Morgan fingerprint density at radius 1 is 1.00 bits per heavy atom. The first kappa shape index (κ1) is 12.9. The van der Waals surface area contributed by atoms with Crippen LogP contribution in [0.1, 0.15) is 20.7 Å². The van der Waals surface area contributed by atoms with Crippen LogP contribution >= 0.6 is 0 Å². The largest absolute Gasteiger partial charge is 0.507 e. The summed E-state index contributed by atoms with van der Waals surface area (Å²) in [7, 11) is 2.53. The number of benzene rings is 2. The molecule has 0 amide bonds. The minimum atomic E-state index is -0.631. The first-order valence-electron chi connectivity index (χ1n) is 5.51. The van der Waals surface area contributed by atoms with Crippen molar-refractivity contribution in [1.82, 2.24) is 0 Å². The van der Waals surface area contributed by atoms with Crippen molar-refractivity contribution in [3.8, 4) is 5.75 Å². The summed E-state index contributed by atoms with van der Waals surface area (Å²) in [5.74, 6) is -1.26. The maximum Gasteiger partial charge on any atom is 0.342 e. The predicted molar refractivity (Wildman–Crippen MR) is 68.3 cm³/mol. The quantitative estimate of drug-likeness (QED) is 0.837. The molecular formula is C14H12O5. The van der Waals surface area contributed by atoms with E-state index in [4.69, 9.17) is 0 Å². The highest BCUT2D eigenvalue weighted by Gasteiger charge is 2.16. The number of carbonyl (C=O) groups is 2. The number of ether oxygens (including phenoxy) is 2. The van der Waals surface area contributed by atoms with E-state index in [0.717, 1.165) is 0 Å². The Labute approximate surface area is 109 Å². The molecule has 2 aromatic rings. The second-order valence-electron chi connectivity index (χ2n) is 3.88. The number of fused-ring (bicyclic) bond motifs is 1. The van der Waals surface area contributed by atoms with E-state index in [1.807, 2.05) is 0 Å². The molecule has 0 atom stereocenters. The topological polar surface area (TPSA) is 72.8 Å². The monoisotopic (exact) mass is 260 g/mol. The highest BCUT2D eigenvalue weighted by Crippen LogP contribution is 2.28. The number of phenols is 1. The molecule has 0 aliphatic carbocycles. The van der Waals surface area contributed by atoms with Gasteiger partial charge in [-0.3, -0.25) is 0 Å². The van der Waals surface area contributed by atoms with Gasteiger partial charge in [-0.25, -0.2) is 9.59 Å². The van der Waals surface area contributed by atoms with Crippen LogP contribution in [0, 0.1) is 0 Å². The molecule has 2 aromatic carbocycles. The Morgan fingerprint density at radius 2 is 1.68 bits per heavy atom. The van der Waals surface area contributed by atoms with Crippen LogP contribution < -0.4 is 0 Å². The summed E-state index contributed by atoms with van der Waals surface area (Å²) >= 11 is 0. The number of rotatable bonds is 2. The standard InChI is InChI=1S/C14H12O5/c1-18-13(16)9-3-5-10-8(7-9)4-6-11(15)12(10)14(17)19-2/h3-7,15H,1-2H3. The minimum Gasteiger partial charge on any atom is -0.507 e. The van der Waals surface area contributed by atoms with Crippen LogP contribution in [-0.2, 0) is 9.47 Å². The molecular weight excluding hydrogens is 248 g/mol. The van der Waals surface area contributed by atoms with Crippen LogP contribution in [0.4, 0.5) is 0 Å². The highest BCUT2D eigenvalue weighted by molar-refractivity contribution is 6.08. The van der Waals surface area contributed by atoms with Crippen LogP contribution in [0.15, 0.2) is 30.3 Å². The number of hydrogen-bond donors (Lipinski definition) is 1. The summed E-state index contributed by atoms with van der Waals surface area (Å²) in [5.41, 5.74) is 0.452. The smallest absolute Gasteiger partial charge is 0.342 e. The van der Waals surface area contributed by atoms with Crippen LogP contribution in [0.5, 0.6) is 5.75 Å². The lowest BCUT2D eigenvalue weighted by atomic mass is 10.0. The number of methoxy groups -OCH3 is 2. The average molecular weight is 260 g/mol. The molecule has 0 saturated carbocycles. The Morgan fingerprint density at radius 3 is 2.32 bits per heavy atom. The van der Waals surface area contributed by atoms with Crippen molar-refractivity contribution in [2.24, 2.45) is 0 Å². The maximum absolute atomic E-state index is 11.6. The molecule has 5 heteroatoms. The summed E-state index contributed by atoms with van der Waals surface area (Å²) in [5, 5.41) is 10.9. The van der Waals surface area contributed by atoms with Crippen LogP contribution in [0.3, 0.4) is 0 Å². The van der Waals surface area contributed by atoms with E-state index in [1.165, 1.54) is 26.4 Å². The molecule has 2 rings (SSSR count). The Bertz CT molecular complexity index is 660. The number of carbonyl (C=O) groups excluding carboxylic acids is 2. The van der Waals surface area contributed by atoms with Gasteiger partial charge in [0, 0.05) is 0 Å². The fraction of sp³-hybridized carbons (Fsp3) is 0.143. The number of hydrogen-bond acceptors (Lipinski definition) is 5. The first-order valence-corrected chi connectivity index (χ1v) is 5.51. The van der Waals surface area contributed by atoms with Gasteiger partial charge in [-0.15, -0.1) is 0 Å². The summed E-state index contributed by atoms with van der Waals surface area (Å²) in [6.07, 6.45) is 0. The van der Waals surface area contributed by atoms with Crippen molar-refractivity contribution < 1.29 is 24.2 Å². The molecule has 19 heavy (non-hydrogen) atoms. The Hall–Kier alpha value is -2.56. The molecule has 0 aliphatic heterocycles. The third kappa shape index (κ3) is 2.22. The van der Waals surface area contributed by atoms with E-state index >= 15 is 0 Å². The van der Waals surface area contributed by atoms with Gasteiger partial charge in [-0.05, 0) is 29.0 Å². The lowest BCUT2D eigenvalue weighted by Gasteiger charge is -2.08. The molecule has 0 aliphatic rings. The van der Waals surface area contributed by atoms with Gasteiger partial charge in [0.05, 0.1) is 19.8 Å². The Balaban J connectivity index is 2.68. The van der Waals surface area contributed by atoms with E-state index in [1.54, 1.807) is 18.2 Å². The second-order valence-corrected chi connectivity index (χ2v) is 3.88. The zero-order chi connectivity index (χ0) is 14.0. The van der Waals surface area contributed by atoms with Gasteiger partial charge in [0.1, 0.15) is 11.3 Å². The van der Waals surface area contributed by atoms with E-state index in [0.29, 0.717) is 16.3 Å². The lowest BCUT2D eigenvalue weighted by molar-refractivity contribution is 0.0592. The van der Waals surface area contributed by atoms with E-state index in [-0.39, 0.29) is 11.3 Å². The predicted octanol–water partition coefficient (Wildman–Crippen LogP) is 2.12. The van der Waals surface area contributed by atoms with Crippen molar-refractivity contribution in [1.29, 1.82) is 0 Å². The van der Waals surface area contributed by atoms with Gasteiger partial charge >= 0.3 is 11.9 Å². The maximum atomic E-state index is 11.6. The second kappa shape index (κ2) is 4.97. The normalized spacial score (nSPS) is 10.2. The molecule has 0 unspecified atom stereocenters. The summed E-state index contributed by atoms with van der Waals surface area (Å²) in [4.78, 5) is 23.1. The average Bonchev–Trinajstić information content (AvgIpc) is 2.45. The Kier molecular flexibility index (Phi) is 3.37. The molecule has 0 aromatic heterocycles. The number of phenolic OH excluding ortho intramolecular Hbond substituents is 1. The number of aromatic hydroxyl groups is 1. The summed E-state index contributed by atoms with van der Waals surface area (Å²) in [6.45, 7) is 0. The molecule has 0 heterocycles. The first-order chi connectivity index (χ1) is 9.08. The lowest BCUT2D eigenvalue weighted by Crippen LogP contribution is -2.04. The molecule has 0 radical (unpaired) electrons. The van der Waals surface area contributed by atoms with Crippen LogP contribution in [0.2, 0.25) is 0 Å². The zero-order valence-electron chi connectivity index (χ0n) is 10.5. The molecule has 5 nitrogen and oxygen atoms in total. The van der Waals surface area contributed by atoms with E-state index in [9.17, 15) is 14.7 Å². The summed E-state index contributed by atoms with van der Waals surface area (Å²) < 4.78 is 9.26. The van der Waals surface area contributed by atoms with Crippen molar-refractivity contribution in [2.45, 2.75) is 0 Å². The SMILES string of the molecule is COC(=O)c1ccc2c(C(=O)OC)c(O)ccc2c1. The van der Waals surface area contributed by atoms with Crippen LogP contribution in [-0.4, -0.2) is 31.3 Å². The van der Waals surface area contributed by atoms with Gasteiger partial charge in [0.15, 0.2) is 0 Å². The van der Waals surface area contributed by atoms with Gasteiger partial charge in [0.2, 0.25) is 0 Å². The molecule has 0 bridgehead atoms. The van der Waals surface area contributed by atoms with Gasteiger partial charge < -0.3 is 14.6 Å². The van der Waals surface area contributed by atoms with E-state index < -0.39 is 11.9 Å². The van der Waals surface area contributed by atoms with E-state index in [2.05, 4.69) is 9.47 Å². The molecule has 0 saturated heterocycles. The van der Waals surface area contributed by atoms with Gasteiger partial charge in [0.25, 0.3) is 0 Å². The van der Waals surface area contributed by atoms with Crippen molar-refractivity contribution in [3.63, 3.8) is 0 Å². The van der Waals surface area contributed by atoms with Crippen molar-refractivity contribution >= 4 is 22.7 Å². The number of esters is 2. The third-order valence-corrected chi connectivity index (χ3v) is 2.81. The zero-order valence-corrected chi connectivity index (χ0v) is 10.5. The van der Waals surface area contributed by atoms with Gasteiger partial charge in [-0.2, -0.15) is 0 Å². The molecule has 0 spiro atoms. The third-order valence-electron chi connectivity index (χ3n) is 2.81. The molecule has 0 fully saturated rings. The molecule has 98 valence electrons. The molecule has 1 N–H and O–H groups in total. The summed E-state index contributed by atoms with van der Waals surface area (Å²) in [6, 6.07) is 7.69. The minimum absolute atomic E-state index is 0.0800. The fourth-order valence-corrected chi connectivity index (χ4v) is 1.88. The highest BCUT2D eigenvalue weighted by atomic mass is 16.5. The van der Waals surface area contributed by atoms with Crippen molar-refractivity contribution in [2.75, 3.05) is 14.2 Å². The van der Waals surface area contributed by atoms with Gasteiger partial charge in [-0.1, -0.05) is 12.1 Å².